The summed E-state index contributed by atoms with van der Waals surface area (Å²) in [5, 5.41) is 3.72. The SMILES string of the molecule is C#Cc1ccc(F)cc1C=NNC(N)=S. The lowest BCUT2D eigenvalue weighted by Gasteiger charge is -1.99. The van der Waals surface area contributed by atoms with Crippen molar-refractivity contribution in [3.05, 3.63) is 35.1 Å². The normalized spacial score (nSPS) is 9.87. The molecular formula is C10H8FN3S. The zero-order chi connectivity index (χ0) is 11.3. The van der Waals surface area contributed by atoms with Crippen LogP contribution in [0.2, 0.25) is 0 Å². The monoisotopic (exact) mass is 221 g/mol. The number of nitrogens with two attached hydrogens (primary N) is 1. The Bertz CT molecular complexity index is 448. The first-order valence-corrected chi connectivity index (χ1v) is 4.39. The van der Waals surface area contributed by atoms with Crippen LogP contribution in [0.5, 0.6) is 0 Å². The summed E-state index contributed by atoms with van der Waals surface area (Å²) in [7, 11) is 0. The van der Waals surface area contributed by atoms with Crippen LogP contribution in [0, 0.1) is 18.2 Å². The van der Waals surface area contributed by atoms with Gasteiger partial charge in [0.05, 0.1) is 6.21 Å². The minimum Gasteiger partial charge on any atom is -0.375 e. The van der Waals surface area contributed by atoms with Crippen molar-refractivity contribution in [1.82, 2.24) is 5.43 Å². The van der Waals surface area contributed by atoms with Crippen molar-refractivity contribution < 1.29 is 4.39 Å². The first-order valence-electron chi connectivity index (χ1n) is 3.98. The first kappa shape index (κ1) is 11.1. The van der Waals surface area contributed by atoms with E-state index in [4.69, 9.17) is 12.2 Å². The lowest BCUT2D eigenvalue weighted by atomic mass is 10.1. The number of nitrogens with zero attached hydrogens (tertiary/aromatic N) is 1. The van der Waals surface area contributed by atoms with Crippen LogP contribution in [0.3, 0.4) is 0 Å². The van der Waals surface area contributed by atoms with E-state index in [1.807, 2.05) is 0 Å². The van der Waals surface area contributed by atoms with Gasteiger partial charge >= 0.3 is 0 Å². The van der Waals surface area contributed by atoms with E-state index >= 15 is 0 Å². The lowest BCUT2D eigenvalue weighted by molar-refractivity contribution is 0.627. The summed E-state index contributed by atoms with van der Waals surface area (Å²) in [5.74, 6) is 2.03. The summed E-state index contributed by atoms with van der Waals surface area (Å²) in [6.45, 7) is 0. The maximum atomic E-state index is 12.9. The summed E-state index contributed by atoms with van der Waals surface area (Å²) in [6, 6.07) is 4.06. The second kappa shape index (κ2) is 5.08. The number of halogens is 1. The van der Waals surface area contributed by atoms with Crippen LogP contribution in [0.4, 0.5) is 4.39 Å². The van der Waals surface area contributed by atoms with Crippen molar-refractivity contribution in [2.24, 2.45) is 10.8 Å². The van der Waals surface area contributed by atoms with Crippen molar-refractivity contribution in [3.63, 3.8) is 0 Å². The van der Waals surface area contributed by atoms with Gasteiger partial charge in [0.1, 0.15) is 5.82 Å². The van der Waals surface area contributed by atoms with Crippen molar-refractivity contribution in [1.29, 1.82) is 0 Å². The molecule has 0 radical (unpaired) electrons. The van der Waals surface area contributed by atoms with Gasteiger partial charge in [-0.15, -0.1) is 6.42 Å². The zero-order valence-electron chi connectivity index (χ0n) is 7.70. The third kappa shape index (κ3) is 3.37. The fraction of sp³-hybridized carbons (Fsp3) is 0. The standard InChI is InChI=1S/C10H8FN3S/c1-2-7-3-4-9(11)5-8(7)6-13-14-10(12)15/h1,3-6H,(H3,12,14,15). The highest BCUT2D eigenvalue weighted by Gasteiger charge is 1.98. The molecule has 0 fully saturated rings. The number of benzene rings is 1. The highest BCUT2D eigenvalue weighted by molar-refractivity contribution is 7.80. The predicted molar refractivity (Wildman–Crippen MR) is 61.9 cm³/mol. The number of thiocarbonyl (C=S) groups is 1. The van der Waals surface area contributed by atoms with Crippen molar-refractivity contribution in [2.45, 2.75) is 0 Å². The molecule has 0 atom stereocenters. The highest BCUT2D eigenvalue weighted by atomic mass is 32.1. The fourth-order valence-electron chi connectivity index (χ4n) is 0.937. The summed E-state index contributed by atoms with van der Waals surface area (Å²) < 4.78 is 12.9. The van der Waals surface area contributed by atoms with Crippen LogP contribution in [-0.4, -0.2) is 11.3 Å². The molecule has 76 valence electrons. The van der Waals surface area contributed by atoms with Crippen LogP contribution >= 0.6 is 12.2 Å². The Hall–Kier alpha value is -1.93. The summed E-state index contributed by atoms with van der Waals surface area (Å²) in [5.41, 5.74) is 8.54. The highest BCUT2D eigenvalue weighted by Crippen LogP contribution is 2.07. The van der Waals surface area contributed by atoms with Crippen LogP contribution in [0.15, 0.2) is 23.3 Å². The molecule has 1 aromatic rings. The predicted octanol–water partition coefficient (Wildman–Crippen LogP) is 0.974. The van der Waals surface area contributed by atoms with Gasteiger partial charge in [-0.3, -0.25) is 5.43 Å². The minimum atomic E-state index is -0.384. The number of hydrazone groups is 1. The molecule has 0 amide bonds. The largest absolute Gasteiger partial charge is 0.375 e. The zero-order valence-corrected chi connectivity index (χ0v) is 8.51. The molecular weight excluding hydrogens is 213 g/mol. The van der Waals surface area contributed by atoms with Gasteiger partial charge in [-0.25, -0.2) is 4.39 Å². The summed E-state index contributed by atoms with van der Waals surface area (Å²) >= 11 is 4.54. The molecule has 0 unspecified atom stereocenters. The number of hydrogen-bond donors (Lipinski definition) is 2. The molecule has 0 heterocycles. The molecule has 0 spiro atoms. The van der Waals surface area contributed by atoms with E-state index in [1.165, 1.54) is 24.4 Å². The number of hydrogen-bond acceptors (Lipinski definition) is 2. The summed E-state index contributed by atoms with van der Waals surface area (Å²) in [6.07, 6.45) is 6.59. The molecule has 0 aromatic heterocycles. The third-order valence-corrected chi connectivity index (χ3v) is 1.64. The van der Waals surface area contributed by atoms with Gasteiger partial charge < -0.3 is 5.73 Å². The minimum absolute atomic E-state index is 0.0323. The lowest BCUT2D eigenvalue weighted by Crippen LogP contribution is -2.24. The number of nitrogens with one attached hydrogen (secondary N) is 1. The first-order chi connectivity index (χ1) is 7.13. The van der Waals surface area contributed by atoms with Gasteiger partial charge in [0.25, 0.3) is 0 Å². The molecule has 5 heteroatoms. The topological polar surface area (TPSA) is 50.4 Å². The Morgan fingerprint density at radius 2 is 2.40 bits per heavy atom. The van der Waals surface area contributed by atoms with Crippen LogP contribution in [-0.2, 0) is 0 Å². The molecule has 0 aliphatic carbocycles. The summed E-state index contributed by atoms with van der Waals surface area (Å²) in [4.78, 5) is 0. The number of rotatable bonds is 2. The maximum Gasteiger partial charge on any atom is 0.184 e. The molecule has 1 rings (SSSR count). The van der Waals surface area contributed by atoms with E-state index in [-0.39, 0.29) is 10.9 Å². The van der Waals surface area contributed by atoms with Gasteiger partial charge in [0, 0.05) is 11.1 Å². The van der Waals surface area contributed by atoms with Crippen LogP contribution < -0.4 is 11.2 Å². The van der Waals surface area contributed by atoms with Gasteiger partial charge in [0.15, 0.2) is 5.11 Å². The Balaban J connectivity index is 2.93. The van der Waals surface area contributed by atoms with Crippen molar-refractivity contribution >= 4 is 23.5 Å². The van der Waals surface area contributed by atoms with E-state index in [0.717, 1.165) is 0 Å². The Labute approximate surface area is 92.2 Å². The van der Waals surface area contributed by atoms with Crippen molar-refractivity contribution in [3.8, 4) is 12.3 Å². The fourth-order valence-corrected chi connectivity index (χ4v) is 0.990. The van der Waals surface area contributed by atoms with E-state index in [2.05, 4.69) is 28.7 Å². The van der Waals surface area contributed by atoms with Gasteiger partial charge in [-0.05, 0) is 30.4 Å². The quantitative estimate of drug-likeness (QED) is 0.339. The van der Waals surface area contributed by atoms with E-state index < -0.39 is 0 Å². The van der Waals surface area contributed by atoms with Gasteiger partial charge in [-0.2, -0.15) is 5.10 Å². The molecule has 1 aromatic carbocycles. The Morgan fingerprint density at radius 1 is 1.67 bits per heavy atom. The molecule has 15 heavy (non-hydrogen) atoms. The second-order valence-corrected chi connectivity index (χ2v) is 3.05. The van der Waals surface area contributed by atoms with Crippen molar-refractivity contribution in [2.75, 3.05) is 0 Å². The molecule has 3 nitrogen and oxygen atoms in total. The van der Waals surface area contributed by atoms with E-state index in [9.17, 15) is 4.39 Å². The van der Waals surface area contributed by atoms with E-state index in [1.54, 1.807) is 0 Å². The molecule has 0 saturated heterocycles. The average molecular weight is 221 g/mol. The third-order valence-electron chi connectivity index (χ3n) is 1.55. The molecule has 0 aliphatic rings. The Kier molecular flexibility index (Phi) is 3.77. The second-order valence-electron chi connectivity index (χ2n) is 2.61. The van der Waals surface area contributed by atoms with Gasteiger partial charge in [0.2, 0.25) is 0 Å². The average Bonchev–Trinajstić information content (AvgIpc) is 2.17. The number of terminal acetylenes is 1. The molecule has 0 bridgehead atoms. The molecule has 0 aliphatic heterocycles. The smallest absolute Gasteiger partial charge is 0.184 e. The van der Waals surface area contributed by atoms with Crippen LogP contribution in [0.25, 0.3) is 0 Å². The van der Waals surface area contributed by atoms with Gasteiger partial charge in [-0.1, -0.05) is 5.92 Å². The maximum absolute atomic E-state index is 12.9. The van der Waals surface area contributed by atoms with E-state index in [0.29, 0.717) is 11.1 Å². The van der Waals surface area contributed by atoms with Crippen LogP contribution in [0.1, 0.15) is 11.1 Å². The molecule has 0 saturated carbocycles. The molecule has 3 N–H and O–H groups in total. The Morgan fingerprint density at radius 3 is 3.00 bits per heavy atom.